The maximum absolute atomic E-state index is 13.3. The van der Waals surface area contributed by atoms with Gasteiger partial charge in [0.2, 0.25) is 0 Å². The molecule has 0 saturated carbocycles. The Kier molecular flexibility index (Phi) is 6.37. The Morgan fingerprint density at radius 1 is 1.54 bits per heavy atom. The van der Waals surface area contributed by atoms with Crippen LogP contribution in [0.1, 0.15) is 20.3 Å². The van der Waals surface area contributed by atoms with E-state index < -0.39 is 5.19 Å². The fourth-order valence-corrected chi connectivity index (χ4v) is 1.56. The number of methoxy groups -OCH3 is 2. The summed E-state index contributed by atoms with van der Waals surface area (Å²) in [7, 11) is 2.97. The highest BCUT2D eigenvalue weighted by atomic mass is 32.2. The summed E-state index contributed by atoms with van der Waals surface area (Å²) in [5.74, 6) is 0. The third kappa shape index (κ3) is 6.07. The highest BCUT2D eigenvalue weighted by molar-refractivity contribution is 8.04. The van der Waals surface area contributed by atoms with Gasteiger partial charge in [-0.1, -0.05) is 18.7 Å². The molecule has 0 N–H and O–H groups in total. The van der Waals surface area contributed by atoms with Crippen molar-refractivity contribution in [1.82, 2.24) is 0 Å². The van der Waals surface area contributed by atoms with Gasteiger partial charge in [-0.05, 0) is 17.4 Å². The fraction of sp³-hybridized carbons (Fsp3) is 0.778. The summed E-state index contributed by atoms with van der Waals surface area (Å²) in [5, 5.41) is -1.64. The highest BCUT2D eigenvalue weighted by Gasteiger charge is 2.23. The molecule has 1 unspecified atom stereocenters. The largest absolute Gasteiger partial charge is 0.381 e. The average molecular weight is 208 g/mol. The third-order valence-corrected chi connectivity index (χ3v) is 2.75. The Labute approximate surface area is 83.5 Å². The molecule has 0 aliphatic rings. The lowest BCUT2D eigenvalue weighted by atomic mass is 10.4. The molecule has 0 aliphatic carbocycles. The monoisotopic (exact) mass is 208 g/mol. The number of allylic oxidation sites excluding steroid dienone is 1. The van der Waals surface area contributed by atoms with E-state index in [0.29, 0.717) is 6.61 Å². The van der Waals surface area contributed by atoms with E-state index in [1.807, 2.05) is 13.0 Å². The summed E-state index contributed by atoms with van der Waals surface area (Å²) in [5.41, 5.74) is 0. The van der Waals surface area contributed by atoms with Crippen molar-refractivity contribution in [3.05, 3.63) is 11.0 Å². The normalized spacial score (nSPS) is 17.2. The average Bonchev–Trinajstić information content (AvgIpc) is 2.12. The predicted molar refractivity (Wildman–Crippen MR) is 54.4 cm³/mol. The number of hydrogen-bond donors (Lipinski definition) is 0. The number of halogens is 1. The van der Waals surface area contributed by atoms with Crippen molar-refractivity contribution in [2.45, 2.75) is 25.5 Å². The molecule has 0 amide bonds. The van der Waals surface area contributed by atoms with Crippen LogP contribution in [0, 0.1) is 0 Å². The van der Waals surface area contributed by atoms with Crippen molar-refractivity contribution >= 4 is 11.8 Å². The van der Waals surface area contributed by atoms with Gasteiger partial charge in [0.1, 0.15) is 0 Å². The fourth-order valence-electron chi connectivity index (χ4n) is 0.710. The van der Waals surface area contributed by atoms with E-state index in [1.165, 1.54) is 14.0 Å². The van der Waals surface area contributed by atoms with E-state index in [0.717, 1.165) is 23.1 Å². The lowest BCUT2D eigenvalue weighted by Crippen LogP contribution is -2.15. The van der Waals surface area contributed by atoms with Crippen LogP contribution in [0.2, 0.25) is 0 Å². The minimum atomic E-state index is -1.64. The molecule has 0 radical (unpaired) electrons. The summed E-state index contributed by atoms with van der Waals surface area (Å²) in [6.07, 6.45) is 2.65. The Morgan fingerprint density at radius 3 is 2.54 bits per heavy atom. The molecule has 0 aromatic carbocycles. The van der Waals surface area contributed by atoms with Crippen LogP contribution in [-0.2, 0) is 9.47 Å². The Bertz CT molecular complexity index is 169. The van der Waals surface area contributed by atoms with Gasteiger partial charge in [0.25, 0.3) is 5.19 Å². The Morgan fingerprint density at radius 2 is 2.15 bits per heavy atom. The van der Waals surface area contributed by atoms with Crippen molar-refractivity contribution < 1.29 is 13.9 Å². The van der Waals surface area contributed by atoms with E-state index >= 15 is 0 Å². The van der Waals surface area contributed by atoms with E-state index in [-0.39, 0.29) is 0 Å². The first-order valence-corrected chi connectivity index (χ1v) is 4.98. The molecule has 2 nitrogen and oxygen atoms in total. The highest BCUT2D eigenvalue weighted by Crippen LogP contribution is 2.35. The van der Waals surface area contributed by atoms with Gasteiger partial charge >= 0.3 is 0 Å². The zero-order chi connectivity index (χ0) is 10.3. The van der Waals surface area contributed by atoms with Gasteiger partial charge in [-0.15, -0.1) is 0 Å². The topological polar surface area (TPSA) is 18.5 Å². The van der Waals surface area contributed by atoms with Crippen LogP contribution in [0.4, 0.5) is 4.39 Å². The minimum absolute atomic E-state index is 0.510. The zero-order valence-corrected chi connectivity index (χ0v) is 9.41. The smallest absolute Gasteiger partial charge is 0.258 e. The number of ether oxygens (including phenoxy) is 2. The van der Waals surface area contributed by atoms with Crippen LogP contribution in [0.15, 0.2) is 11.0 Å². The van der Waals surface area contributed by atoms with Gasteiger partial charge in [-0.25, -0.2) is 0 Å². The molecule has 78 valence electrons. The van der Waals surface area contributed by atoms with Crippen molar-refractivity contribution in [3.63, 3.8) is 0 Å². The Hall–Kier alpha value is -0.0600. The first kappa shape index (κ1) is 12.9. The van der Waals surface area contributed by atoms with Gasteiger partial charge in [-0.2, -0.15) is 4.39 Å². The second-order valence-corrected chi connectivity index (χ2v) is 4.08. The van der Waals surface area contributed by atoms with Crippen LogP contribution >= 0.6 is 11.8 Å². The van der Waals surface area contributed by atoms with Crippen molar-refractivity contribution in [2.24, 2.45) is 0 Å². The van der Waals surface area contributed by atoms with Crippen LogP contribution in [0.5, 0.6) is 0 Å². The lowest BCUT2D eigenvalue weighted by Gasteiger charge is -2.18. The van der Waals surface area contributed by atoms with Crippen LogP contribution in [0.3, 0.4) is 0 Å². The van der Waals surface area contributed by atoms with Gasteiger partial charge in [0.15, 0.2) is 0 Å². The number of alkyl halides is 1. The summed E-state index contributed by atoms with van der Waals surface area (Å²) in [4.78, 5) is 0.939. The third-order valence-electron chi connectivity index (χ3n) is 1.50. The van der Waals surface area contributed by atoms with E-state index in [9.17, 15) is 4.39 Å². The molecule has 13 heavy (non-hydrogen) atoms. The maximum Gasteiger partial charge on any atom is 0.258 e. The summed E-state index contributed by atoms with van der Waals surface area (Å²) in [6, 6.07) is 0. The molecule has 0 aromatic heterocycles. The van der Waals surface area contributed by atoms with Crippen molar-refractivity contribution in [3.8, 4) is 0 Å². The van der Waals surface area contributed by atoms with Crippen LogP contribution in [-0.4, -0.2) is 26.0 Å². The first-order chi connectivity index (χ1) is 6.05. The van der Waals surface area contributed by atoms with Gasteiger partial charge < -0.3 is 9.47 Å². The molecule has 0 bridgehead atoms. The zero-order valence-electron chi connectivity index (χ0n) is 8.59. The van der Waals surface area contributed by atoms with Crippen LogP contribution < -0.4 is 0 Å². The van der Waals surface area contributed by atoms with Gasteiger partial charge in [0, 0.05) is 21.1 Å². The second kappa shape index (κ2) is 6.40. The van der Waals surface area contributed by atoms with Crippen LogP contribution in [0.25, 0.3) is 0 Å². The van der Waals surface area contributed by atoms with E-state index in [2.05, 4.69) is 4.74 Å². The Balaban J connectivity index is 4.11. The molecule has 0 heterocycles. The molecule has 0 spiro atoms. The molecular formula is C9H17FO2S. The molecular weight excluding hydrogens is 191 g/mol. The maximum atomic E-state index is 13.3. The minimum Gasteiger partial charge on any atom is -0.381 e. The first-order valence-electron chi connectivity index (χ1n) is 4.16. The number of hydrogen-bond acceptors (Lipinski definition) is 3. The quantitative estimate of drug-likeness (QED) is 0.625. The predicted octanol–water partition coefficient (Wildman–Crippen LogP) is 2.95. The molecule has 0 rings (SSSR count). The SMILES string of the molecule is CC/C(=C\COC)SC(C)(F)OC. The molecule has 0 saturated heterocycles. The molecule has 0 aliphatic heterocycles. The lowest BCUT2D eigenvalue weighted by molar-refractivity contribution is -0.0221. The molecule has 0 aromatic rings. The van der Waals surface area contributed by atoms with Gasteiger partial charge in [0.05, 0.1) is 6.61 Å². The standard InChI is InChI=1S/C9H17FO2S/c1-5-8(6-7-11-3)13-9(2,10)12-4/h6H,5,7H2,1-4H3/b8-6+. The molecule has 0 fully saturated rings. The van der Waals surface area contributed by atoms with Gasteiger partial charge in [-0.3, -0.25) is 0 Å². The summed E-state index contributed by atoms with van der Waals surface area (Å²) < 4.78 is 22.9. The number of rotatable bonds is 6. The molecule has 4 heteroatoms. The van der Waals surface area contributed by atoms with E-state index in [1.54, 1.807) is 7.11 Å². The molecule has 1 atom stereocenters. The summed E-state index contributed by atoms with van der Waals surface area (Å²) in [6.45, 7) is 3.88. The summed E-state index contributed by atoms with van der Waals surface area (Å²) >= 11 is 1.08. The van der Waals surface area contributed by atoms with E-state index in [4.69, 9.17) is 4.74 Å². The number of thioether (sulfide) groups is 1. The van der Waals surface area contributed by atoms with Crippen molar-refractivity contribution in [2.75, 3.05) is 20.8 Å². The second-order valence-electron chi connectivity index (χ2n) is 2.62. The van der Waals surface area contributed by atoms with Crippen molar-refractivity contribution in [1.29, 1.82) is 0 Å².